The molecule has 4 nitrogen and oxygen atoms in total. The summed E-state index contributed by atoms with van der Waals surface area (Å²) in [7, 11) is 0. The predicted molar refractivity (Wildman–Crippen MR) is 75.6 cm³/mol. The third-order valence-electron chi connectivity index (χ3n) is 3.66. The quantitative estimate of drug-likeness (QED) is 0.715. The van der Waals surface area contributed by atoms with E-state index in [9.17, 15) is 4.79 Å². The van der Waals surface area contributed by atoms with Crippen LogP contribution in [-0.4, -0.2) is 50.1 Å². The van der Waals surface area contributed by atoms with Gasteiger partial charge in [-0.3, -0.25) is 4.79 Å². The van der Waals surface area contributed by atoms with Gasteiger partial charge in [0.1, 0.15) is 0 Å². The van der Waals surface area contributed by atoms with Crippen LogP contribution in [0.2, 0.25) is 0 Å². The summed E-state index contributed by atoms with van der Waals surface area (Å²) in [6, 6.07) is 0. The summed E-state index contributed by atoms with van der Waals surface area (Å²) in [5.41, 5.74) is 0. The number of hydrogen-bond acceptors (Lipinski definition) is 3. The average molecular weight is 255 g/mol. The molecule has 1 aliphatic rings. The Morgan fingerprint density at radius 2 is 2.06 bits per heavy atom. The van der Waals surface area contributed by atoms with Crippen LogP contribution in [0.5, 0.6) is 0 Å². The van der Waals surface area contributed by atoms with E-state index in [1.54, 1.807) is 6.92 Å². The zero-order chi connectivity index (χ0) is 13.4. The molecule has 1 heterocycles. The molecule has 2 N–H and O–H groups in total. The second-order valence-corrected chi connectivity index (χ2v) is 5.59. The summed E-state index contributed by atoms with van der Waals surface area (Å²) >= 11 is 0. The number of nitrogens with one attached hydrogen (secondary N) is 2. The molecule has 0 radical (unpaired) electrons. The van der Waals surface area contributed by atoms with Crippen LogP contribution in [0.3, 0.4) is 0 Å². The number of likely N-dealkylation sites (tertiary alicyclic amines) is 1. The molecule has 106 valence electrons. The van der Waals surface area contributed by atoms with Gasteiger partial charge in [-0.15, -0.1) is 0 Å². The van der Waals surface area contributed by atoms with Crippen LogP contribution in [0.15, 0.2) is 0 Å². The lowest BCUT2D eigenvalue weighted by atomic mass is 9.96. The highest BCUT2D eigenvalue weighted by molar-refractivity contribution is 5.72. The molecule has 1 unspecified atom stereocenters. The van der Waals surface area contributed by atoms with Crippen LogP contribution in [0.25, 0.3) is 0 Å². The van der Waals surface area contributed by atoms with E-state index < -0.39 is 0 Å². The minimum atomic E-state index is 0.0942. The highest BCUT2D eigenvalue weighted by Crippen LogP contribution is 2.17. The predicted octanol–water partition coefficient (Wildman–Crippen LogP) is 1.08. The first-order chi connectivity index (χ1) is 8.61. The molecule has 0 aromatic carbocycles. The topological polar surface area (TPSA) is 44.4 Å². The van der Waals surface area contributed by atoms with Gasteiger partial charge in [0.15, 0.2) is 0 Å². The van der Waals surface area contributed by atoms with E-state index in [0.29, 0.717) is 5.92 Å². The van der Waals surface area contributed by atoms with E-state index in [1.807, 2.05) is 0 Å². The van der Waals surface area contributed by atoms with Crippen molar-refractivity contribution in [1.29, 1.82) is 0 Å². The van der Waals surface area contributed by atoms with Crippen LogP contribution >= 0.6 is 0 Å². The summed E-state index contributed by atoms with van der Waals surface area (Å²) < 4.78 is 0. The molecule has 1 fully saturated rings. The number of nitrogens with zero attached hydrogens (tertiary/aromatic N) is 1. The first-order valence-electron chi connectivity index (χ1n) is 7.29. The Hall–Kier alpha value is -0.610. The van der Waals surface area contributed by atoms with E-state index in [0.717, 1.165) is 25.6 Å². The second kappa shape index (κ2) is 8.48. The van der Waals surface area contributed by atoms with E-state index in [1.165, 1.54) is 32.5 Å². The van der Waals surface area contributed by atoms with Gasteiger partial charge in [-0.05, 0) is 50.9 Å². The van der Waals surface area contributed by atoms with Gasteiger partial charge in [-0.1, -0.05) is 13.8 Å². The van der Waals surface area contributed by atoms with Crippen LogP contribution < -0.4 is 10.6 Å². The number of piperidine rings is 1. The number of hydrogen-bond donors (Lipinski definition) is 2. The first-order valence-corrected chi connectivity index (χ1v) is 7.29. The number of carbonyl (C=O) groups is 1. The molecule has 0 aromatic rings. The Morgan fingerprint density at radius 3 is 2.61 bits per heavy atom. The van der Waals surface area contributed by atoms with Crippen molar-refractivity contribution in [3.63, 3.8) is 0 Å². The van der Waals surface area contributed by atoms with Gasteiger partial charge in [0.05, 0.1) is 0 Å². The number of rotatable bonds is 7. The Morgan fingerprint density at radius 1 is 1.39 bits per heavy atom. The normalized spacial score (nSPS) is 19.7. The van der Waals surface area contributed by atoms with Crippen molar-refractivity contribution >= 4 is 5.91 Å². The van der Waals surface area contributed by atoms with Crippen molar-refractivity contribution < 1.29 is 4.79 Å². The van der Waals surface area contributed by atoms with Gasteiger partial charge in [0.2, 0.25) is 5.91 Å². The van der Waals surface area contributed by atoms with E-state index >= 15 is 0 Å². The molecule has 1 atom stereocenters. The van der Waals surface area contributed by atoms with Gasteiger partial charge < -0.3 is 15.5 Å². The van der Waals surface area contributed by atoms with Crippen LogP contribution in [-0.2, 0) is 4.79 Å². The van der Waals surface area contributed by atoms with Crippen molar-refractivity contribution in [3.05, 3.63) is 0 Å². The Kier molecular flexibility index (Phi) is 7.28. The molecule has 0 saturated carbocycles. The zero-order valence-electron chi connectivity index (χ0n) is 12.2. The summed E-state index contributed by atoms with van der Waals surface area (Å²) in [4.78, 5) is 13.4. The van der Waals surface area contributed by atoms with Crippen molar-refractivity contribution in [2.75, 3.05) is 39.3 Å². The van der Waals surface area contributed by atoms with E-state index in [2.05, 4.69) is 29.4 Å². The average Bonchev–Trinajstić information content (AvgIpc) is 2.35. The van der Waals surface area contributed by atoms with Crippen molar-refractivity contribution in [1.82, 2.24) is 15.5 Å². The Labute approximate surface area is 111 Å². The first kappa shape index (κ1) is 15.4. The molecule has 1 rings (SSSR count). The van der Waals surface area contributed by atoms with Crippen molar-refractivity contribution in [2.24, 2.45) is 11.8 Å². The smallest absolute Gasteiger partial charge is 0.216 e. The highest BCUT2D eigenvalue weighted by atomic mass is 16.1. The molecule has 4 heteroatoms. The maximum atomic E-state index is 10.9. The Balaban J connectivity index is 2.12. The second-order valence-electron chi connectivity index (χ2n) is 5.59. The molecule has 0 aromatic heterocycles. The molecule has 0 aliphatic carbocycles. The lowest BCUT2D eigenvalue weighted by Crippen LogP contribution is -2.41. The van der Waals surface area contributed by atoms with Gasteiger partial charge in [-0.25, -0.2) is 0 Å². The molecule has 1 aliphatic heterocycles. The van der Waals surface area contributed by atoms with Crippen LogP contribution in [0.1, 0.15) is 33.6 Å². The molecule has 1 amide bonds. The Bertz CT molecular complexity index is 237. The number of carbonyl (C=O) groups excluding carboxylic acids is 1. The van der Waals surface area contributed by atoms with E-state index in [-0.39, 0.29) is 5.91 Å². The molecule has 0 spiro atoms. The fraction of sp³-hybridized carbons (Fsp3) is 0.929. The third kappa shape index (κ3) is 6.36. The fourth-order valence-electron chi connectivity index (χ4n) is 2.56. The lowest BCUT2D eigenvalue weighted by Gasteiger charge is -2.33. The molecular weight excluding hydrogens is 226 g/mol. The lowest BCUT2D eigenvalue weighted by molar-refractivity contribution is -0.119. The summed E-state index contributed by atoms with van der Waals surface area (Å²) in [5.74, 6) is 1.49. The minimum absolute atomic E-state index is 0.0942. The SMILES string of the molecule is CCNCC(C)CN1CCC(CNC(C)=O)CC1. The standard InChI is InChI=1S/C14H29N3O/c1-4-15-9-12(2)11-17-7-5-14(6-8-17)10-16-13(3)18/h12,14-15H,4-11H2,1-3H3,(H,16,18). The van der Waals surface area contributed by atoms with Gasteiger partial charge >= 0.3 is 0 Å². The summed E-state index contributed by atoms with van der Waals surface area (Å²) in [6.45, 7) is 12.6. The maximum absolute atomic E-state index is 10.9. The van der Waals surface area contributed by atoms with Crippen LogP contribution in [0, 0.1) is 11.8 Å². The largest absolute Gasteiger partial charge is 0.356 e. The molecule has 1 saturated heterocycles. The van der Waals surface area contributed by atoms with Gasteiger partial charge in [0.25, 0.3) is 0 Å². The zero-order valence-corrected chi connectivity index (χ0v) is 12.2. The summed E-state index contributed by atoms with van der Waals surface area (Å²) in [6.07, 6.45) is 2.43. The third-order valence-corrected chi connectivity index (χ3v) is 3.66. The van der Waals surface area contributed by atoms with Crippen LogP contribution in [0.4, 0.5) is 0 Å². The van der Waals surface area contributed by atoms with Gasteiger partial charge in [-0.2, -0.15) is 0 Å². The molecule has 18 heavy (non-hydrogen) atoms. The maximum Gasteiger partial charge on any atom is 0.216 e. The fourth-order valence-corrected chi connectivity index (χ4v) is 2.56. The summed E-state index contributed by atoms with van der Waals surface area (Å²) in [5, 5.41) is 6.34. The minimum Gasteiger partial charge on any atom is -0.356 e. The van der Waals surface area contributed by atoms with Crippen molar-refractivity contribution in [2.45, 2.75) is 33.6 Å². The van der Waals surface area contributed by atoms with E-state index in [4.69, 9.17) is 0 Å². The van der Waals surface area contributed by atoms with Gasteiger partial charge in [0, 0.05) is 20.0 Å². The van der Waals surface area contributed by atoms with Crippen molar-refractivity contribution in [3.8, 4) is 0 Å². The monoisotopic (exact) mass is 255 g/mol. The number of amides is 1. The molecule has 0 bridgehead atoms. The highest BCUT2D eigenvalue weighted by Gasteiger charge is 2.20. The molecular formula is C14H29N3O.